The van der Waals surface area contributed by atoms with Crippen molar-refractivity contribution in [3.05, 3.63) is 48.0 Å². The lowest BCUT2D eigenvalue weighted by Gasteiger charge is -2.20. The number of rotatable bonds is 9. The van der Waals surface area contributed by atoms with Crippen molar-refractivity contribution in [1.29, 1.82) is 0 Å². The number of carbonyl (C=O) groups is 4. The van der Waals surface area contributed by atoms with Gasteiger partial charge in [-0.25, -0.2) is 9.59 Å². The number of carboxylic acid groups (broad SMARTS) is 2. The maximum absolute atomic E-state index is 12.0. The Morgan fingerprint density at radius 3 is 1.93 bits per heavy atom. The smallest absolute Gasteiger partial charge is 0.328 e. The predicted molar refractivity (Wildman–Crippen MR) is 103 cm³/mol. The van der Waals surface area contributed by atoms with Crippen LogP contribution in [0.5, 0.6) is 0 Å². The highest BCUT2D eigenvalue weighted by Crippen LogP contribution is 2.06. The second-order valence-electron chi connectivity index (χ2n) is 6.40. The zero-order chi connectivity index (χ0) is 21.7. The molecule has 0 aromatic heterocycles. The molecule has 28 heavy (non-hydrogen) atoms. The highest BCUT2D eigenvalue weighted by Gasteiger charge is 2.22. The SMILES string of the molecule is CC(C)C[C@@H](NC(=O)[C@H](N)Cc1ccccc1)C(N)=O.O=C(O)/C=C/C(=O)O. The van der Waals surface area contributed by atoms with Gasteiger partial charge in [0.25, 0.3) is 0 Å². The number of carbonyl (C=O) groups excluding carboxylic acids is 2. The molecule has 1 aromatic rings. The summed E-state index contributed by atoms with van der Waals surface area (Å²) in [5, 5.41) is 18.3. The molecule has 0 radical (unpaired) electrons. The molecule has 0 fully saturated rings. The van der Waals surface area contributed by atoms with Crippen LogP contribution in [-0.4, -0.2) is 46.0 Å². The molecular formula is C19H27N3O6. The van der Waals surface area contributed by atoms with Crippen molar-refractivity contribution in [2.75, 3.05) is 0 Å². The fourth-order valence-electron chi connectivity index (χ4n) is 2.10. The quantitative estimate of drug-likeness (QED) is 0.375. The van der Waals surface area contributed by atoms with Crippen LogP contribution in [0.2, 0.25) is 0 Å². The van der Waals surface area contributed by atoms with E-state index in [0.717, 1.165) is 5.56 Å². The van der Waals surface area contributed by atoms with Gasteiger partial charge in [0.15, 0.2) is 0 Å². The highest BCUT2D eigenvalue weighted by atomic mass is 16.4. The monoisotopic (exact) mass is 393 g/mol. The predicted octanol–water partition coefficient (Wildman–Crippen LogP) is 0.284. The van der Waals surface area contributed by atoms with Crippen LogP contribution in [0.4, 0.5) is 0 Å². The maximum Gasteiger partial charge on any atom is 0.328 e. The van der Waals surface area contributed by atoms with E-state index in [1.54, 1.807) is 0 Å². The van der Waals surface area contributed by atoms with E-state index in [1.165, 1.54) is 0 Å². The van der Waals surface area contributed by atoms with Gasteiger partial charge < -0.3 is 27.0 Å². The molecule has 0 saturated carbocycles. The minimum atomic E-state index is -1.26. The van der Waals surface area contributed by atoms with Crippen molar-refractivity contribution in [2.45, 2.75) is 38.8 Å². The van der Waals surface area contributed by atoms with Gasteiger partial charge in [-0.2, -0.15) is 0 Å². The number of hydrogen-bond donors (Lipinski definition) is 5. The average Bonchev–Trinajstić information content (AvgIpc) is 2.60. The first kappa shape index (κ1) is 24.8. The Morgan fingerprint density at radius 1 is 1.04 bits per heavy atom. The summed E-state index contributed by atoms with van der Waals surface area (Å²) in [5.74, 6) is -3.13. The Morgan fingerprint density at radius 2 is 1.54 bits per heavy atom. The molecule has 0 unspecified atom stereocenters. The van der Waals surface area contributed by atoms with Crippen molar-refractivity contribution < 1.29 is 29.4 Å². The van der Waals surface area contributed by atoms with E-state index in [1.807, 2.05) is 44.2 Å². The van der Waals surface area contributed by atoms with Gasteiger partial charge in [-0.05, 0) is 24.3 Å². The first-order valence-corrected chi connectivity index (χ1v) is 8.56. The number of amides is 2. The summed E-state index contributed by atoms with van der Waals surface area (Å²) in [6.45, 7) is 3.93. The molecule has 7 N–H and O–H groups in total. The van der Waals surface area contributed by atoms with Crippen LogP contribution in [0.15, 0.2) is 42.5 Å². The molecule has 154 valence electrons. The Hall–Kier alpha value is -3.20. The van der Waals surface area contributed by atoms with Crippen molar-refractivity contribution >= 4 is 23.8 Å². The van der Waals surface area contributed by atoms with Crippen molar-refractivity contribution in [1.82, 2.24) is 5.32 Å². The standard InChI is InChI=1S/C15H23N3O2.C4H4O4/c1-10(2)8-13(14(17)19)18-15(20)12(16)9-11-6-4-3-5-7-11;5-3(6)1-2-4(7)8/h3-7,10,12-13H,8-9,16H2,1-2H3,(H2,17,19)(H,18,20);1-2H,(H,5,6)(H,7,8)/b;2-1+/t12-,13-;/m1./s1. The van der Waals surface area contributed by atoms with Crippen LogP contribution >= 0.6 is 0 Å². The number of benzene rings is 1. The number of carboxylic acids is 2. The molecular weight excluding hydrogens is 366 g/mol. The van der Waals surface area contributed by atoms with E-state index in [0.29, 0.717) is 25.0 Å². The van der Waals surface area contributed by atoms with E-state index >= 15 is 0 Å². The molecule has 2 amide bonds. The molecule has 2 atom stereocenters. The van der Waals surface area contributed by atoms with Crippen molar-refractivity contribution in [3.8, 4) is 0 Å². The number of nitrogens with two attached hydrogens (primary N) is 2. The lowest BCUT2D eigenvalue weighted by Crippen LogP contribution is -2.51. The minimum absolute atomic E-state index is 0.262. The highest BCUT2D eigenvalue weighted by molar-refractivity contribution is 5.90. The number of nitrogens with one attached hydrogen (secondary N) is 1. The van der Waals surface area contributed by atoms with Crippen LogP contribution in [-0.2, 0) is 25.6 Å². The number of aliphatic carboxylic acids is 2. The lowest BCUT2D eigenvalue weighted by atomic mass is 10.0. The normalized spacial score (nSPS) is 12.6. The molecule has 0 saturated heterocycles. The van der Waals surface area contributed by atoms with E-state index in [2.05, 4.69) is 5.32 Å². The summed E-state index contributed by atoms with van der Waals surface area (Å²) in [6.07, 6.45) is 2.06. The van der Waals surface area contributed by atoms with E-state index in [-0.39, 0.29) is 11.8 Å². The fraction of sp³-hybridized carbons (Fsp3) is 0.368. The Balaban J connectivity index is 0.000000769. The van der Waals surface area contributed by atoms with Gasteiger partial charge in [0.05, 0.1) is 6.04 Å². The molecule has 0 heterocycles. The van der Waals surface area contributed by atoms with Gasteiger partial charge >= 0.3 is 11.9 Å². The van der Waals surface area contributed by atoms with Gasteiger partial charge in [-0.1, -0.05) is 44.2 Å². The summed E-state index contributed by atoms with van der Waals surface area (Å²) >= 11 is 0. The van der Waals surface area contributed by atoms with Gasteiger partial charge in [0, 0.05) is 12.2 Å². The average molecular weight is 393 g/mol. The first-order valence-electron chi connectivity index (χ1n) is 8.56. The second-order valence-corrected chi connectivity index (χ2v) is 6.40. The molecule has 0 spiro atoms. The zero-order valence-electron chi connectivity index (χ0n) is 15.9. The van der Waals surface area contributed by atoms with Crippen LogP contribution in [0.1, 0.15) is 25.8 Å². The number of hydrogen-bond acceptors (Lipinski definition) is 5. The van der Waals surface area contributed by atoms with Crippen LogP contribution in [0.3, 0.4) is 0 Å². The Kier molecular flexibility index (Phi) is 11.6. The van der Waals surface area contributed by atoms with E-state index in [9.17, 15) is 19.2 Å². The molecule has 9 nitrogen and oxygen atoms in total. The second kappa shape index (κ2) is 13.0. The van der Waals surface area contributed by atoms with Crippen molar-refractivity contribution in [2.24, 2.45) is 17.4 Å². The third kappa shape index (κ3) is 12.2. The van der Waals surface area contributed by atoms with Gasteiger partial charge in [-0.3, -0.25) is 9.59 Å². The van der Waals surface area contributed by atoms with Gasteiger partial charge in [-0.15, -0.1) is 0 Å². The number of primary amides is 1. The molecule has 0 aliphatic heterocycles. The van der Waals surface area contributed by atoms with E-state index < -0.39 is 29.9 Å². The van der Waals surface area contributed by atoms with E-state index in [4.69, 9.17) is 21.7 Å². The first-order chi connectivity index (χ1) is 13.0. The summed E-state index contributed by atoms with van der Waals surface area (Å²) in [6, 6.07) is 8.16. The molecule has 0 aliphatic rings. The Bertz CT molecular complexity index is 672. The van der Waals surface area contributed by atoms with Crippen LogP contribution in [0, 0.1) is 5.92 Å². The topological polar surface area (TPSA) is 173 Å². The Labute approximate surface area is 163 Å². The summed E-state index contributed by atoms with van der Waals surface area (Å²) in [5.41, 5.74) is 12.1. The maximum atomic E-state index is 12.0. The third-order valence-corrected chi connectivity index (χ3v) is 3.37. The molecule has 1 aromatic carbocycles. The molecule has 0 aliphatic carbocycles. The van der Waals surface area contributed by atoms with Crippen LogP contribution in [0.25, 0.3) is 0 Å². The fourth-order valence-corrected chi connectivity index (χ4v) is 2.10. The summed E-state index contributed by atoms with van der Waals surface area (Å²) < 4.78 is 0. The van der Waals surface area contributed by atoms with Crippen molar-refractivity contribution in [3.63, 3.8) is 0 Å². The largest absolute Gasteiger partial charge is 0.478 e. The summed E-state index contributed by atoms with van der Waals surface area (Å²) in [4.78, 5) is 42.4. The van der Waals surface area contributed by atoms with Gasteiger partial charge in [0.2, 0.25) is 11.8 Å². The zero-order valence-corrected chi connectivity index (χ0v) is 15.9. The summed E-state index contributed by atoms with van der Waals surface area (Å²) in [7, 11) is 0. The third-order valence-electron chi connectivity index (χ3n) is 3.37. The minimum Gasteiger partial charge on any atom is -0.478 e. The lowest BCUT2D eigenvalue weighted by molar-refractivity contribution is -0.134. The molecule has 1 rings (SSSR count). The van der Waals surface area contributed by atoms with Gasteiger partial charge in [0.1, 0.15) is 6.04 Å². The molecule has 9 heteroatoms. The molecule has 0 bridgehead atoms. The van der Waals surface area contributed by atoms with Crippen LogP contribution < -0.4 is 16.8 Å².